The highest BCUT2D eigenvalue weighted by Gasteiger charge is 2.26. The topological polar surface area (TPSA) is 37.8 Å². The zero-order chi connectivity index (χ0) is 12.2. The first kappa shape index (κ1) is 13.1. The summed E-state index contributed by atoms with van der Waals surface area (Å²) in [6.45, 7) is 11.8. The molecule has 1 rings (SSSR count). The lowest BCUT2D eigenvalue weighted by atomic mass is 9.84. The Morgan fingerprint density at radius 2 is 2.06 bits per heavy atom. The number of rotatable bonds is 4. The standard InChI is InChI=1S/C13H23N3/c1-6-8-15-12(13(3,4)5)11-7-9-14-10(2)16-11/h7,9,12,15H,6,8H2,1-5H3. The Bertz CT molecular complexity index is 328. The van der Waals surface area contributed by atoms with Gasteiger partial charge in [-0.25, -0.2) is 9.97 Å². The molecule has 0 saturated carbocycles. The fourth-order valence-corrected chi connectivity index (χ4v) is 1.78. The third-order valence-corrected chi connectivity index (χ3v) is 2.56. The lowest BCUT2D eigenvalue weighted by Crippen LogP contribution is -2.33. The average molecular weight is 221 g/mol. The maximum Gasteiger partial charge on any atom is 0.125 e. The van der Waals surface area contributed by atoms with E-state index >= 15 is 0 Å². The Kier molecular flexibility index (Phi) is 4.42. The monoisotopic (exact) mass is 221 g/mol. The van der Waals surface area contributed by atoms with Crippen LogP contribution >= 0.6 is 0 Å². The van der Waals surface area contributed by atoms with Gasteiger partial charge in [0, 0.05) is 6.20 Å². The first-order chi connectivity index (χ1) is 7.45. The molecule has 1 aromatic heterocycles. The minimum Gasteiger partial charge on any atom is -0.308 e. The van der Waals surface area contributed by atoms with Crippen LogP contribution in [0, 0.1) is 12.3 Å². The molecule has 1 aromatic rings. The number of nitrogens with one attached hydrogen (secondary N) is 1. The number of nitrogens with zero attached hydrogens (tertiary/aromatic N) is 2. The molecule has 1 heterocycles. The SMILES string of the molecule is CCCNC(c1ccnc(C)n1)C(C)(C)C. The van der Waals surface area contributed by atoms with Crippen molar-refractivity contribution in [1.82, 2.24) is 15.3 Å². The predicted octanol–water partition coefficient (Wildman–Crippen LogP) is 2.87. The highest BCUT2D eigenvalue weighted by molar-refractivity contribution is 5.10. The normalized spacial score (nSPS) is 13.8. The van der Waals surface area contributed by atoms with Gasteiger partial charge < -0.3 is 5.32 Å². The number of hydrogen-bond donors (Lipinski definition) is 1. The Labute approximate surface area is 98.7 Å². The number of hydrogen-bond acceptors (Lipinski definition) is 3. The summed E-state index contributed by atoms with van der Waals surface area (Å²) in [5.41, 5.74) is 1.25. The van der Waals surface area contributed by atoms with Crippen LogP contribution in [-0.4, -0.2) is 16.5 Å². The largest absolute Gasteiger partial charge is 0.308 e. The molecule has 3 nitrogen and oxygen atoms in total. The first-order valence-electron chi connectivity index (χ1n) is 5.98. The van der Waals surface area contributed by atoms with Gasteiger partial charge in [0.25, 0.3) is 0 Å². The van der Waals surface area contributed by atoms with Gasteiger partial charge in [-0.2, -0.15) is 0 Å². The minimum absolute atomic E-state index is 0.163. The lowest BCUT2D eigenvalue weighted by molar-refractivity contribution is 0.267. The van der Waals surface area contributed by atoms with Gasteiger partial charge in [0.2, 0.25) is 0 Å². The van der Waals surface area contributed by atoms with Gasteiger partial charge in [0.1, 0.15) is 5.82 Å². The molecule has 0 saturated heterocycles. The van der Waals surface area contributed by atoms with Crippen LogP contribution in [-0.2, 0) is 0 Å². The molecule has 0 aliphatic carbocycles. The van der Waals surface area contributed by atoms with Gasteiger partial charge in [-0.15, -0.1) is 0 Å². The smallest absolute Gasteiger partial charge is 0.125 e. The van der Waals surface area contributed by atoms with Crippen molar-refractivity contribution < 1.29 is 0 Å². The molecule has 0 amide bonds. The number of aryl methyl sites for hydroxylation is 1. The van der Waals surface area contributed by atoms with Crippen molar-refractivity contribution in [3.05, 3.63) is 23.8 Å². The van der Waals surface area contributed by atoms with Gasteiger partial charge in [0.05, 0.1) is 11.7 Å². The summed E-state index contributed by atoms with van der Waals surface area (Å²) in [5, 5.41) is 3.56. The van der Waals surface area contributed by atoms with Crippen molar-refractivity contribution >= 4 is 0 Å². The first-order valence-corrected chi connectivity index (χ1v) is 5.98. The van der Waals surface area contributed by atoms with E-state index in [1.165, 1.54) is 0 Å². The molecule has 0 aliphatic rings. The van der Waals surface area contributed by atoms with Crippen molar-refractivity contribution in [2.75, 3.05) is 6.54 Å². The quantitative estimate of drug-likeness (QED) is 0.849. The highest BCUT2D eigenvalue weighted by Crippen LogP contribution is 2.31. The van der Waals surface area contributed by atoms with Crippen LogP contribution < -0.4 is 5.32 Å². The van der Waals surface area contributed by atoms with Gasteiger partial charge in [-0.3, -0.25) is 0 Å². The van der Waals surface area contributed by atoms with Crippen LogP contribution in [0.2, 0.25) is 0 Å². The summed E-state index contributed by atoms with van der Waals surface area (Å²) in [7, 11) is 0. The van der Waals surface area contributed by atoms with Gasteiger partial charge in [-0.05, 0) is 31.4 Å². The molecule has 0 aliphatic heterocycles. The van der Waals surface area contributed by atoms with Gasteiger partial charge >= 0.3 is 0 Å². The summed E-state index contributed by atoms with van der Waals surface area (Å²) in [4.78, 5) is 8.66. The summed E-state index contributed by atoms with van der Waals surface area (Å²) in [5.74, 6) is 0.838. The Morgan fingerprint density at radius 3 is 2.56 bits per heavy atom. The van der Waals surface area contributed by atoms with Crippen molar-refractivity contribution in [2.45, 2.75) is 47.1 Å². The molecule has 0 spiro atoms. The fourth-order valence-electron chi connectivity index (χ4n) is 1.78. The van der Waals surface area contributed by atoms with Crippen molar-refractivity contribution in [3.63, 3.8) is 0 Å². The van der Waals surface area contributed by atoms with Crippen LogP contribution in [0.5, 0.6) is 0 Å². The van der Waals surface area contributed by atoms with E-state index in [1.807, 2.05) is 19.2 Å². The van der Waals surface area contributed by atoms with Crippen molar-refractivity contribution in [1.29, 1.82) is 0 Å². The van der Waals surface area contributed by atoms with E-state index in [0.29, 0.717) is 0 Å². The van der Waals surface area contributed by atoms with E-state index in [9.17, 15) is 0 Å². The molecule has 0 radical (unpaired) electrons. The molecular formula is C13H23N3. The van der Waals surface area contributed by atoms with Crippen LogP contribution in [0.25, 0.3) is 0 Å². The number of aromatic nitrogens is 2. The molecule has 0 bridgehead atoms. The van der Waals surface area contributed by atoms with E-state index < -0.39 is 0 Å². The average Bonchev–Trinajstić information content (AvgIpc) is 2.16. The summed E-state index contributed by atoms with van der Waals surface area (Å²) in [6, 6.07) is 2.29. The summed E-state index contributed by atoms with van der Waals surface area (Å²) < 4.78 is 0. The summed E-state index contributed by atoms with van der Waals surface area (Å²) in [6.07, 6.45) is 2.97. The second-order valence-electron chi connectivity index (χ2n) is 5.28. The highest BCUT2D eigenvalue weighted by atomic mass is 15.0. The van der Waals surface area contributed by atoms with E-state index in [4.69, 9.17) is 0 Å². The van der Waals surface area contributed by atoms with Gasteiger partial charge in [-0.1, -0.05) is 27.7 Å². The maximum absolute atomic E-state index is 4.52. The Hall–Kier alpha value is -0.960. The molecule has 16 heavy (non-hydrogen) atoms. The molecular weight excluding hydrogens is 198 g/mol. The van der Waals surface area contributed by atoms with Crippen LogP contribution in [0.1, 0.15) is 51.7 Å². The molecule has 1 unspecified atom stereocenters. The van der Waals surface area contributed by atoms with E-state index in [0.717, 1.165) is 24.5 Å². The molecule has 1 atom stereocenters. The molecule has 0 fully saturated rings. The van der Waals surface area contributed by atoms with E-state index in [-0.39, 0.29) is 11.5 Å². The fraction of sp³-hybridized carbons (Fsp3) is 0.692. The van der Waals surface area contributed by atoms with Crippen molar-refractivity contribution in [3.8, 4) is 0 Å². The second-order valence-corrected chi connectivity index (χ2v) is 5.28. The van der Waals surface area contributed by atoms with E-state index in [2.05, 4.69) is 43.0 Å². The molecule has 0 aromatic carbocycles. The predicted molar refractivity (Wildman–Crippen MR) is 67.3 cm³/mol. The molecule has 1 N–H and O–H groups in total. The van der Waals surface area contributed by atoms with Gasteiger partial charge in [0.15, 0.2) is 0 Å². The van der Waals surface area contributed by atoms with Crippen LogP contribution in [0.4, 0.5) is 0 Å². The molecule has 3 heteroatoms. The third-order valence-electron chi connectivity index (χ3n) is 2.56. The lowest BCUT2D eigenvalue weighted by Gasteiger charge is -2.31. The second kappa shape index (κ2) is 5.39. The Balaban J connectivity index is 2.92. The zero-order valence-electron chi connectivity index (χ0n) is 11.0. The Morgan fingerprint density at radius 1 is 1.38 bits per heavy atom. The van der Waals surface area contributed by atoms with Crippen LogP contribution in [0.15, 0.2) is 12.3 Å². The van der Waals surface area contributed by atoms with Crippen LogP contribution in [0.3, 0.4) is 0 Å². The minimum atomic E-state index is 0.163. The molecule has 90 valence electrons. The van der Waals surface area contributed by atoms with E-state index in [1.54, 1.807) is 0 Å². The third kappa shape index (κ3) is 3.56. The zero-order valence-corrected chi connectivity index (χ0v) is 11.0. The summed E-state index contributed by atoms with van der Waals surface area (Å²) >= 11 is 0. The maximum atomic E-state index is 4.52. The van der Waals surface area contributed by atoms with Crippen molar-refractivity contribution in [2.24, 2.45) is 5.41 Å².